The van der Waals surface area contributed by atoms with Crippen LogP contribution in [0.25, 0.3) is 0 Å². The van der Waals surface area contributed by atoms with E-state index in [1.165, 1.54) is 11.6 Å². The zero-order valence-corrected chi connectivity index (χ0v) is 16.2. The first kappa shape index (κ1) is 20.1. The first-order valence-corrected chi connectivity index (χ1v) is 9.53. The first-order valence-electron chi connectivity index (χ1n) is 9.53. The van der Waals surface area contributed by atoms with E-state index in [0.29, 0.717) is 17.9 Å². The van der Waals surface area contributed by atoms with Gasteiger partial charge in [0.2, 0.25) is 0 Å². The number of nitrogens with one attached hydrogen (secondary N) is 2. The van der Waals surface area contributed by atoms with Gasteiger partial charge in [-0.15, -0.1) is 0 Å². The second-order valence-electron chi connectivity index (χ2n) is 6.66. The largest absolute Gasteiger partial charge is 0.379 e. The van der Waals surface area contributed by atoms with Gasteiger partial charge in [0.1, 0.15) is 5.69 Å². The molecule has 3 rings (SSSR count). The van der Waals surface area contributed by atoms with Crippen LogP contribution in [0, 0.1) is 10.1 Å². The van der Waals surface area contributed by atoms with Gasteiger partial charge < -0.3 is 10.6 Å². The zero-order chi connectivity index (χ0) is 20.6. The van der Waals surface area contributed by atoms with E-state index in [1.54, 1.807) is 12.1 Å². The highest BCUT2D eigenvalue weighted by Gasteiger charge is 2.17. The number of carbonyl (C=O) groups is 1. The van der Waals surface area contributed by atoms with Gasteiger partial charge in [0.05, 0.1) is 4.92 Å². The van der Waals surface area contributed by atoms with Gasteiger partial charge in [-0.3, -0.25) is 14.9 Å². The molecule has 3 aromatic rings. The third-order valence-corrected chi connectivity index (χ3v) is 4.65. The number of anilines is 2. The molecule has 3 aromatic carbocycles. The van der Waals surface area contributed by atoms with Crippen molar-refractivity contribution in [1.29, 1.82) is 0 Å². The monoisotopic (exact) mass is 389 g/mol. The van der Waals surface area contributed by atoms with Crippen LogP contribution in [-0.2, 0) is 12.8 Å². The summed E-state index contributed by atoms with van der Waals surface area (Å²) >= 11 is 0. The summed E-state index contributed by atoms with van der Waals surface area (Å²) < 4.78 is 0. The lowest BCUT2D eigenvalue weighted by Crippen LogP contribution is -2.13. The van der Waals surface area contributed by atoms with Crippen LogP contribution >= 0.6 is 0 Å². The number of amides is 1. The molecule has 0 aliphatic heterocycles. The molecule has 0 aliphatic rings. The van der Waals surface area contributed by atoms with E-state index in [2.05, 4.69) is 17.6 Å². The minimum atomic E-state index is -0.475. The van der Waals surface area contributed by atoms with Crippen LogP contribution in [0.5, 0.6) is 0 Å². The molecule has 0 atom stereocenters. The molecule has 0 fully saturated rings. The molecule has 6 nitrogen and oxygen atoms in total. The topological polar surface area (TPSA) is 84.3 Å². The predicted octanol–water partition coefficient (Wildman–Crippen LogP) is 5.06. The van der Waals surface area contributed by atoms with Gasteiger partial charge in [-0.1, -0.05) is 49.4 Å². The lowest BCUT2D eigenvalue weighted by atomic mass is 10.1. The Morgan fingerprint density at radius 1 is 0.966 bits per heavy atom. The molecule has 0 bridgehead atoms. The molecule has 148 valence electrons. The molecule has 0 spiro atoms. The van der Waals surface area contributed by atoms with E-state index < -0.39 is 4.92 Å². The van der Waals surface area contributed by atoms with Gasteiger partial charge in [0, 0.05) is 23.9 Å². The number of nitrogens with zero attached hydrogens (tertiary/aromatic N) is 1. The predicted molar refractivity (Wildman–Crippen MR) is 116 cm³/mol. The maximum Gasteiger partial charge on any atom is 0.293 e. The number of hydrogen-bond donors (Lipinski definition) is 2. The van der Waals surface area contributed by atoms with E-state index in [9.17, 15) is 14.9 Å². The third-order valence-electron chi connectivity index (χ3n) is 4.65. The van der Waals surface area contributed by atoms with Crippen molar-refractivity contribution >= 4 is 23.0 Å². The van der Waals surface area contributed by atoms with Crippen molar-refractivity contribution in [3.8, 4) is 0 Å². The Balaban J connectivity index is 1.69. The third kappa shape index (κ3) is 5.42. The highest BCUT2D eigenvalue weighted by Crippen LogP contribution is 2.26. The molecule has 2 N–H and O–H groups in total. The summed E-state index contributed by atoms with van der Waals surface area (Å²) in [6.45, 7) is 2.61. The van der Waals surface area contributed by atoms with Crippen molar-refractivity contribution < 1.29 is 9.72 Å². The minimum absolute atomic E-state index is 0.118. The van der Waals surface area contributed by atoms with Crippen molar-refractivity contribution in [2.45, 2.75) is 19.8 Å². The number of nitro benzene ring substituents is 1. The molecule has 0 aliphatic carbocycles. The van der Waals surface area contributed by atoms with Gasteiger partial charge in [-0.25, -0.2) is 0 Å². The summed E-state index contributed by atoms with van der Waals surface area (Å²) in [7, 11) is 0. The summed E-state index contributed by atoms with van der Waals surface area (Å²) in [5.74, 6) is -0.381. The van der Waals surface area contributed by atoms with Crippen LogP contribution in [-0.4, -0.2) is 17.4 Å². The summed E-state index contributed by atoms with van der Waals surface area (Å²) in [6, 6.07) is 21.9. The Morgan fingerprint density at radius 2 is 1.69 bits per heavy atom. The Hall–Kier alpha value is -3.67. The molecular formula is C23H23N3O3. The standard InChI is InChI=1S/C23H23N3O3/c1-2-17-8-11-20(12-9-17)25-23(27)19-10-13-21(22(16-19)26(28)29)24-15-14-18-6-4-3-5-7-18/h3-13,16,24H,2,14-15H2,1H3,(H,25,27). The second-order valence-corrected chi connectivity index (χ2v) is 6.66. The summed E-state index contributed by atoms with van der Waals surface area (Å²) in [5, 5.41) is 17.4. The molecule has 0 heterocycles. The van der Waals surface area contributed by atoms with Crippen molar-refractivity contribution in [3.05, 3.63) is 99.6 Å². The van der Waals surface area contributed by atoms with Crippen molar-refractivity contribution in [2.24, 2.45) is 0 Å². The highest BCUT2D eigenvalue weighted by atomic mass is 16.6. The van der Waals surface area contributed by atoms with Gasteiger partial charge in [0.15, 0.2) is 0 Å². The van der Waals surface area contributed by atoms with E-state index in [4.69, 9.17) is 0 Å². The maximum atomic E-state index is 12.5. The molecule has 0 aromatic heterocycles. The van der Waals surface area contributed by atoms with Crippen LogP contribution < -0.4 is 10.6 Å². The Kier molecular flexibility index (Phi) is 6.58. The fourth-order valence-corrected chi connectivity index (χ4v) is 2.99. The van der Waals surface area contributed by atoms with Crippen molar-refractivity contribution in [1.82, 2.24) is 0 Å². The number of hydrogen-bond acceptors (Lipinski definition) is 4. The van der Waals surface area contributed by atoms with Crippen LogP contribution in [0.3, 0.4) is 0 Å². The normalized spacial score (nSPS) is 10.4. The smallest absolute Gasteiger partial charge is 0.293 e. The van der Waals surface area contributed by atoms with Crippen molar-refractivity contribution in [2.75, 3.05) is 17.2 Å². The van der Waals surface area contributed by atoms with Crippen LogP contribution in [0.2, 0.25) is 0 Å². The molecule has 1 amide bonds. The van der Waals surface area contributed by atoms with Crippen LogP contribution in [0.15, 0.2) is 72.8 Å². The average Bonchev–Trinajstić information content (AvgIpc) is 2.75. The maximum absolute atomic E-state index is 12.5. The van der Waals surface area contributed by atoms with Gasteiger partial charge in [-0.05, 0) is 48.2 Å². The van der Waals surface area contributed by atoms with Gasteiger partial charge >= 0.3 is 0 Å². The van der Waals surface area contributed by atoms with Gasteiger partial charge in [0.25, 0.3) is 11.6 Å². The van der Waals surface area contributed by atoms with E-state index in [1.807, 2.05) is 54.6 Å². The number of nitro groups is 1. The number of rotatable bonds is 8. The fraction of sp³-hybridized carbons (Fsp3) is 0.174. The lowest BCUT2D eigenvalue weighted by molar-refractivity contribution is -0.384. The molecule has 0 radical (unpaired) electrons. The van der Waals surface area contributed by atoms with Crippen LogP contribution in [0.1, 0.15) is 28.4 Å². The SMILES string of the molecule is CCc1ccc(NC(=O)c2ccc(NCCc3ccccc3)c([N+](=O)[O-])c2)cc1. The van der Waals surface area contributed by atoms with Crippen molar-refractivity contribution in [3.63, 3.8) is 0 Å². The Bertz CT molecular complexity index is 986. The number of aryl methyl sites for hydroxylation is 1. The molecule has 0 saturated carbocycles. The number of benzene rings is 3. The second kappa shape index (κ2) is 9.50. The molecule has 0 saturated heterocycles. The van der Waals surface area contributed by atoms with Crippen LogP contribution in [0.4, 0.5) is 17.1 Å². The summed E-state index contributed by atoms with van der Waals surface area (Å²) in [6.07, 6.45) is 1.66. The van der Waals surface area contributed by atoms with E-state index >= 15 is 0 Å². The number of carbonyl (C=O) groups excluding carboxylic acids is 1. The summed E-state index contributed by atoms with van der Waals surface area (Å²) in [4.78, 5) is 23.5. The first-order chi connectivity index (χ1) is 14.1. The quantitative estimate of drug-likeness (QED) is 0.416. The molecular weight excluding hydrogens is 366 g/mol. The Labute approximate surface area is 169 Å². The fourth-order valence-electron chi connectivity index (χ4n) is 2.99. The zero-order valence-electron chi connectivity index (χ0n) is 16.2. The highest BCUT2D eigenvalue weighted by molar-refractivity contribution is 6.05. The molecule has 6 heteroatoms. The van der Waals surface area contributed by atoms with E-state index in [0.717, 1.165) is 18.4 Å². The summed E-state index contributed by atoms with van der Waals surface area (Å²) in [5.41, 5.74) is 3.49. The lowest BCUT2D eigenvalue weighted by Gasteiger charge is -2.10. The average molecular weight is 389 g/mol. The minimum Gasteiger partial charge on any atom is -0.379 e. The molecule has 0 unspecified atom stereocenters. The molecule has 29 heavy (non-hydrogen) atoms. The van der Waals surface area contributed by atoms with Gasteiger partial charge in [-0.2, -0.15) is 0 Å². The Morgan fingerprint density at radius 3 is 2.34 bits per heavy atom. The van der Waals surface area contributed by atoms with E-state index in [-0.39, 0.29) is 17.2 Å².